The predicted octanol–water partition coefficient (Wildman–Crippen LogP) is 9.09. The molecule has 0 saturated heterocycles. The van der Waals surface area contributed by atoms with Crippen LogP contribution in [0.1, 0.15) is 74.0 Å². The van der Waals surface area contributed by atoms with Crippen molar-refractivity contribution in [1.29, 1.82) is 0 Å². The zero-order chi connectivity index (χ0) is 31.5. The second-order valence-corrected chi connectivity index (χ2v) is 14.0. The minimum absolute atomic E-state index is 0.322. The van der Waals surface area contributed by atoms with E-state index < -0.39 is 17.7 Å². The summed E-state index contributed by atoms with van der Waals surface area (Å²) in [5.74, 6) is 0.172. The number of methoxy groups -OCH3 is 1. The van der Waals surface area contributed by atoms with Crippen molar-refractivity contribution in [2.45, 2.75) is 70.9 Å². The lowest BCUT2D eigenvalue weighted by Gasteiger charge is -2.28. The molecule has 7 rings (SSSR count). The van der Waals surface area contributed by atoms with Gasteiger partial charge >= 0.3 is 12.1 Å². The van der Waals surface area contributed by atoms with Crippen LogP contribution in [0.3, 0.4) is 0 Å². The highest BCUT2D eigenvalue weighted by Crippen LogP contribution is 2.51. The summed E-state index contributed by atoms with van der Waals surface area (Å²) in [6, 6.07) is 17.8. The van der Waals surface area contributed by atoms with Crippen LogP contribution in [0.15, 0.2) is 54.6 Å². The topological polar surface area (TPSA) is 93.9 Å². The number of benzene rings is 2. The van der Waals surface area contributed by atoms with E-state index in [9.17, 15) is 14.7 Å². The van der Waals surface area contributed by atoms with E-state index in [1.54, 1.807) is 12.0 Å². The van der Waals surface area contributed by atoms with Crippen LogP contribution in [-0.4, -0.2) is 46.0 Å². The van der Waals surface area contributed by atoms with Gasteiger partial charge in [-0.1, -0.05) is 31.4 Å². The lowest BCUT2D eigenvalue weighted by Crippen LogP contribution is -2.38. The fourth-order valence-electron chi connectivity index (χ4n) is 6.97. The fraction of sp³-hybridized carbons (Fsp3) is 0.361. The molecule has 0 unspecified atom stereocenters. The van der Waals surface area contributed by atoms with Crippen LogP contribution in [0.4, 0.5) is 10.5 Å². The molecule has 0 bridgehead atoms. The normalized spacial score (nSPS) is 15.5. The number of hydrogen-bond donors (Lipinski definition) is 1. The van der Waals surface area contributed by atoms with E-state index in [2.05, 4.69) is 16.7 Å². The Morgan fingerprint density at radius 2 is 1.80 bits per heavy atom. The highest BCUT2D eigenvalue weighted by atomic mass is 32.1. The first-order chi connectivity index (χ1) is 21.6. The second-order valence-electron chi connectivity index (χ2n) is 13.0. The Hall–Kier alpha value is -4.37. The maximum absolute atomic E-state index is 13.9. The Balaban J connectivity index is 1.48. The van der Waals surface area contributed by atoms with Gasteiger partial charge in [0.2, 0.25) is 0 Å². The number of anilines is 1. The maximum atomic E-state index is 13.9. The molecule has 1 saturated carbocycles. The third kappa shape index (κ3) is 5.23. The minimum Gasteiger partial charge on any atom is -0.497 e. The molecule has 4 heterocycles. The van der Waals surface area contributed by atoms with Crippen molar-refractivity contribution in [1.82, 2.24) is 9.55 Å². The number of carboxylic acids is 1. The monoisotopic (exact) mass is 623 g/mol. The average Bonchev–Trinajstić information content (AvgIpc) is 3.53. The molecular weight excluding hydrogens is 586 g/mol. The standard InChI is InChI=1S/C36H37N3O5S/c1-36(2,3)44-35(42)39-18-17-38-28-20-29(34(40)41)45-33(28)30(21-9-6-5-7-10-21)32(38)25-14-16-27-24(31(25)39)13-15-26(37-27)22-11-8-12-23(19-22)43-4/h8,11-16,19-21H,5-7,9-10,17-18H2,1-4H3,(H,40,41). The van der Waals surface area contributed by atoms with E-state index in [0.29, 0.717) is 23.9 Å². The van der Waals surface area contributed by atoms with Crippen LogP contribution in [0.2, 0.25) is 0 Å². The van der Waals surface area contributed by atoms with Crippen LogP contribution in [-0.2, 0) is 11.3 Å². The third-order valence-corrected chi connectivity index (χ3v) is 10.0. The number of hydrogen-bond acceptors (Lipinski definition) is 6. The second kappa shape index (κ2) is 11.2. The summed E-state index contributed by atoms with van der Waals surface area (Å²) in [6.45, 7) is 6.52. The number of carbonyl (C=O) groups is 2. The molecule has 232 valence electrons. The minimum atomic E-state index is -0.909. The largest absolute Gasteiger partial charge is 0.497 e. The Morgan fingerprint density at radius 3 is 2.53 bits per heavy atom. The van der Waals surface area contributed by atoms with Crippen molar-refractivity contribution in [3.05, 3.63) is 65.0 Å². The summed E-state index contributed by atoms with van der Waals surface area (Å²) in [5.41, 5.74) is 6.81. The Morgan fingerprint density at radius 1 is 1.00 bits per heavy atom. The smallest absolute Gasteiger partial charge is 0.414 e. The molecule has 1 amide bonds. The van der Waals surface area contributed by atoms with Crippen LogP contribution >= 0.6 is 11.3 Å². The van der Waals surface area contributed by atoms with Gasteiger partial charge in [0.25, 0.3) is 0 Å². The number of carbonyl (C=O) groups excluding carboxylic acids is 1. The van der Waals surface area contributed by atoms with Crippen molar-refractivity contribution in [2.75, 3.05) is 18.6 Å². The van der Waals surface area contributed by atoms with E-state index in [-0.39, 0.29) is 0 Å². The molecule has 9 heteroatoms. The van der Waals surface area contributed by atoms with E-state index in [1.807, 2.05) is 63.2 Å². The van der Waals surface area contributed by atoms with Gasteiger partial charge in [-0.25, -0.2) is 14.6 Å². The first-order valence-electron chi connectivity index (χ1n) is 15.6. The lowest BCUT2D eigenvalue weighted by atomic mass is 9.82. The molecule has 1 fully saturated rings. The molecule has 0 spiro atoms. The van der Waals surface area contributed by atoms with Gasteiger partial charge in [0.15, 0.2) is 0 Å². The van der Waals surface area contributed by atoms with E-state index in [0.717, 1.165) is 80.8 Å². The van der Waals surface area contributed by atoms with Crippen molar-refractivity contribution in [3.8, 4) is 28.3 Å². The lowest BCUT2D eigenvalue weighted by molar-refractivity contribution is 0.0579. The molecule has 2 aliphatic rings. The molecule has 1 N–H and O–H groups in total. The zero-order valence-electron chi connectivity index (χ0n) is 26.1. The average molecular weight is 624 g/mol. The zero-order valence-corrected chi connectivity index (χ0v) is 26.9. The van der Waals surface area contributed by atoms with Gasteiger partial charge < -0.3 is 19.1 Å². The molecule has 45 heavy (non-hydrogen) atoms. The van der Waals surface area contributed by atoms with Gasteiger partial charge in [0, 0.05) is 29.6 Å². The van der Waals surface area contributed by atoms with Crippen LogP contribution < -0.4 is 9.64 Å². The van der Waals surface area contributed by atoms with E-state index >= 15 is 0 Å². The highest BCUT2D eigenvalue weighted by Gasteiger charge is 2.35. The SMILES string of the molecule is COc1cccc(-c2ccc3c4c(ccc3n2)-c2c(C3CCCCC3)c3sc(C(=O)O)cc3n2CCN4C(=O)OC(C)(C)C)c1. The Bertz CT molecular complexity index is 1960. The number of pyridine rings is 1. The van der Waals surface area contributed by atoms with Crippen LogP contribution in [0.25, 0.3) is 43.6 Å². The molecule has 8 nitrogen and oxygen atoms in total. The highest BCUT2D eigenvalue weighted by molar-refractivity contribution is 7.21. The van der Waals surface area contributed by atoms with Gasteiger partial charge in [-0.2, -0.15) is 0 Å². The number of aromatic nitrogens is 2. The van der Waals surface area contributed by atoms with Gasteiger partial charge in [-0.05, 0) is 87.6 Å². The van der Waals surface area contributed by atoms with Crippen molar-refractivity contribution in [2.24, 2.45) is 0 Å². The Kier molecular flexibility index (Phi) is 7.31. The van der Waals surface area contributed by atoms with Gasteiger partial charge in [-0.3, -0.25) is 4.90 Å². The summed E-state index contributed by atoms with van der Waals surface area (Å²) in [6.07, 6.45) is 5.24. The first kappa shape index (κ1) is 29.3. The van der Waals surface area contributed by atoms with Crippen LogP contribution in [0, 0.1) is 0 Å². The molecule has 5 aromatic rings. The molecule has 1 aliphatic heterocycles. The molecule has 0 atom stereocenters. The summed E-state index contributed by atoms with van der Waals surface area (Å²) < 4.78 is 14.7. The predicted molar refractivity (Wildman–Crippen MR) is 179 cm³/mol. The number of thiophene rings is 1. The molecule has 0 radical (unpaired) electrons. The Labute approximate surface area is 266 Å². The summed E-state index contributed by atoms with van der Waals surface area (Å²) >= 11 is 1.37. The molecule has 3 aromatic heterocycles. The van der Waals surface area contributed by atoms with E-state index in [4.69, 9.17) is 14.5 Å². The third-order valence-electron chi connectivity index (χ3n) is 8.89. The maximum Gasteiger partial charge on any atom is 0.414 e. The number of aromatic carboxylic acids is 1. The van der Waals surface area contributed by atoms with Gasteiger partial charge in [0.05, 0.1) is 39.9 Å². The number of carboxylic acid groups (broad SMARTS) is 1. The number of nitrogens with zero attached hydrogens (tertiary/aromatic N) is 3. The number of amides is 1. The summed E-state index contributed by atoms with van der Waals surface area (Å²) in [5, 5.41) is 10.8. The van der Waals surface area contributed by atoms with Crippen molar-refractivity contribution >= 4 is 50.2 Å². The first-order valence-corrected chi connectivity index (χ1v) is 16.4. The summed E-state index contributed by atoms with van der Waals surface area (Å²) in [7, 11) is 1.65. The summed E-state index contributed by atoms with van der Waals surface area (Å²) in [4.78, 5) is 33.2. The van der Waals surface area contributed by atoms with Crippen molar-refractivity contribution in [3.63, 3.8) is 0 Å². The van der Waals surface area contributed by atoms with E-state index in [1.165, 1.54) is 23.3 Å². The van der Waals surface area contributed by atoms with Gasteiger partial charge in [0.1, 0.15) is 16.2 Å². The molecule has 1 aliphatic carbocycles. The quantitative estimate of drug-likeness (QED) is 0.215. The van der Waals surface area contributed by atoms with Gasteiger partial charge in [-0.15, -0.1) is 11.3 Å². The molecule has 2 aromatic carbocycles. The number of rotatable bonds is 4. The number of fused-ring (bicyclic) bond motifs is 7. The van der Waals surface area contributed by atoms with Crippen LogP contribution in [0.5, 0.6) is 5.75 Å². The number of ether oxygens (including phenoxy) is 2. The van der Waals surface area contributed by atoms with Crippen molar-refractivity contribution < 1.29 is 24.2 Å². The molecular formula is C36H37N3O5S. The fourth-order valence-corrected chi connectivity index (χ4v) is 8.10.